The van der Waals surface area contributed by atoms with Gasteiger partial charge < -0.3 is 19.7 Å². The molecule has 1 fully saturated rings. The van der Waals surface area contributed by atoms with Gasteiger partial charge in [-0.05, 0) is 30.6 Å². The zero-order valence-corrected chi connectivity index (χ0v) is 19.0. The summed E-state index contributed by atoms with van der Waals surface area (Å²) >= 11 is 0. The predicted octanol–water partition coefficient (Wildman–Crippen LogP) is 3.86. The van der Waals surface area contributed by atoms with Gasteiger partial charge in [0.05, 0.1) is 17.1 Å². The van der Waals surface area contributed by atoms with Crippen molar-refractivity contribution in [3.63, 3.8) is 0 Å². The van der Waals surface area contributed by atoms with E-state index >= 15 is 0 Å². The zero-order chi connectivity index (χ0) is 22.0. The molecule has 0 radical (unpaired) electrons. The molecule has 1 aliphatic heterocycles. The van der Waals surface area contributed by atoms with Crippen LogP contribution in [0.1, 0.15) is 34.1 Å². The second-order valence-corrected chi connectivity index (χ2v) is 13.8. The Kier molecular flexibility index (Phi) is 6.89. The third-order valence-electron chi connectivity index (χ3n) is 6.12. The van der Waals surface area contributed by atoms with Gasteiger partial charge in [-0.25, -0.2) is 4.79 Å². The number of nitrogens with one attached hydrogen (secondary N) is 1. The van der Waals surface area contributed by atoms with Crippen LogP contribution in [0.5, 0.6) is 0 Å². The van der Waals surface area contributed by atoms with Crippen molar-refractivity contribution < 1.29 is 19.3 Å². The molecule has 2 heterocycles. The number of anilines is 1. The van der Waals surface area contributed by atoms with Gasteiger partial charge in [-0.1, -0.05) is 27.7 Å². The van der Waals surface area contributed by atoms with Crippen molar-refractivity contribution in [3.05, 3.63) is 28.6 Å². The maximum absolute atomic E-state index is 11.5. The number of hydrogen-bond acceptors (Lipinski definition) is 6. The number of carbonyl (C=O) groups is 1. The van der Waals surface area contributed by atoms with E-state index in [0.717, 1.165) is 6.42 Å². The van der Waals surface area contributed by atoms with E-state index in [2.05, 4.69) is 44.2 Å². The highest BCUT2D eigenvalue weighted by Crippen LogP contribution is 2.40. The van der Waals surface area contributed by atoms with Crippen LogP contribution in [0, 0.1) is 16.0 Å². The largest absolute Gasteiger partial charge is 0.465 e. The number of nitro groups is 1. The van der Waals surface area contributed by atoms with E-state index in [1.165, 1.54) is 12.4 Å². The van der Waals surface area contributed by atoms with E-state index in [1.807, 2.05) is 11.8 Å². The third-order valence-corrected chi connectivity index (χ3v) is 10.6. The maximum Gasteiger partial charge on any atom is 0.405 e. The van der Waals surface area contributed by atoms with Crippen LogP contribution in [0.3, 0.4) is 0 Å². The summed E-state index contributed by atoms with van der Waals surface area (Å²) in [7, 11) is -2.14. The molecule has 29 heavy (non-hydrogen) atoms. The molecule has 2 rings (SSSR count). The zero-order valence-electron chi connectivity index (χ0n) is 18.0. The topological polar surface area (TPSA) is 118 Å². The van der Waals surface area contributed by atoms with Gasteiger partial charge in [-0.15, -0.1) is 0 Å². The van der Waals surface area contributed by atoms with E-state index in [1.54, 1.807) is 6.07 Å². The second kappa shape index (κ2) is 8.66. The normalized spacial score (nSPS) is 23.0. The van der Waals surface area contributed by atoms with Gasteiger partial charge in [-0.3, -0.25) is 15.1 Å². The van der Waals surface area contributed by atoms with Crippen LogP contribution < -0.4 is 10.2 Å². The molecule has 3 atom stereocenters. The monoisotopic (exact) mass is 424 g/mol. The molecule has 10 heteroatoms. The first-order valence-electron chi connectivity index (χ1n) is 9.88. The van der Waals surface area contributed by atoms with Crippen LogP contribution >= 0.6 is 0 Å². The van der Waals surface area contributed by atoms with Crippen molar-refractivity contribution in [2.24, 2.45) is 5.92 Å². The van der Waals surface area contributed by atoms with Gasteiger partial charge in [0.2, 0.25) is 0 Å². The summed E-state index contributed by atoms with van der Waals surface area (Å²) in [6, 6.07) is 1.12. The predicted molar refractivity (Wildman–Crippen MR) is 114 cm³/mol. The summed E-state index contributed by atoms with van der Waals surface area (Å²) in [6.45, 7) is 13.6. The Morgan fingerprint density at radius 2 is 2.10 bits per heavy atom. The number of hydrogen-bond donors (Lipinski definition) is 2. The summed E-state index contributed by atoms with van der Waals surface area (Å²) in [4.78, 5) is 28.2. The van der Waals surface area contributed by atoms with Crippen LogP contribution in [0.15, 0.2) is 18.5 Å². The molecule has 0 bridgehead atoms. The van der Waals surface area contributed by atoms with Gasteiger partial charge in [-0.2, -0.15) is 0 Å². The molecule has 1 aromatic rings. The van der Waals surface area contributed by atoms with Crippen LogP contribution in [0.4, 0.5) is 16.2 Å². The minimum absolute atomic E-state index is 0.0138. The van der Waals surface area contributed by atoms with Crippen LogP contribution in [-0.2, 0) is 4.43 Å². The highest BCUT2D eigenvalue weighted by molar-refractivity contribution is 6.74. The molecule has 1 aliphatic rings. The molecule has 0 aromatic carbocycles. The lowest BCUT2D eigenvalue weighted by atomic mass is 9.88. The van der Waals surface area contributed by atoms with Crippen LogP contribution in [0.25, 0.3) is 0 Å². The van der Waals surface area contributed by atoms with Gasteiger partial charge in [0.1, 0.15) is 11.9 Å². The number of rotatable bonds is 6. The highest BCUT2D eigenvalue weighted by atomic mass is 28.4. The molecule has 1 saturated heterocycles. The number of carboxylic acid groups (broad SMARTS) is 1. The Hall–Kier alpha value is -2.20. The van der Waals surface area contributed by atoms with Gasteiger partial charge in [0.15, 0.2) is 8.32 Å². The summed E-state index contributed by atoms with van der Waals surface area (Å²) in [5.74, 6) is 0.0301. The first-order chi connectivity index (χ1) is 13.4. The van der Waals surface area contributed by atoms with Gasteiger partial charge >= 0.3 is 11.8 Å². The van der Waals surface area contributed by atoms with Crippen molar-refractivity contribution >= 4 is 25.8 Å². The Morgan fingerprint density at radius 1 is 1.45 bits per heavy atom. The first kappa shape index (κ1) is 23.1. The average Bonchev–Trinajstić information content (AvgIpc) is 2.61. The lowest BCUT2D eigenvalue weighted by Gasteiger charge is -2.48. The average molecular weight is 425 g/mol. The first-order valence-corrected chi connectivity index (χ1v) is 12.8. The molecule has 9 nitrogen and oxygen atoms in total. The second-order valence-electron chi connectivity index (χ2n) is 9.09. The van der Waals surface area contributed by atoms with Gasteiger partial charge in [0, 0.05) is 25.2 Å². The third kappa shape index (κ3) is 5.24. The SMILES string of the molecule is CC[C@H]1CN(c2ccncc2[N+](=O)[O-])C[C@@H](NC(=O)O)[C@@H]1O[Si](C)(C)C(C)(C)C. The smallest absolute Gasteiger partial charge is 0.405 e. The molecule has 0 aliphatic carbocycles. The number of nitrogens with zero attached hydrogens (tertiary/aromatic N) is 3. The number of amides is 1. The molecular weight excluding hydrogens is 392 g/mol. The lowest BCUT2D eigenvalue weighted by molar-refractivity contribution is -0.384. The summed E-state index contributed by atoms with van der Waals surface area (Å²) in [6.07, 6.45) is 2.11. The Bertz CT molecular complexity index is 752. The van der Waals surface area contributed by atoms with Crippen LogP contribution in [-0.4, -0.2) is 54.7 Å². The molecule has 1 aromatic heterocycles. The minimum Gasteiger partial charge on any atom is -0.465 e. The Labute approximate surface area is 172 Å². The fraction of sp³-hybridized carbons (Fsp3) is 0.684. The fourth-order valence-electron chi connectivity index (χ4n) is 3.46. The fourth-order valence-corrected chi connectivity index (χ4v) is 4.85. The highest BCUT2D eigenvalue weighted by Gasteiger charge is 2.46. The molecule has 0 unspecified atom stereocenters. The molecule has 0 spiro atoms. The number of piperidine rings is 1. The van der Waals surface area contributed by atoms with Gasteiger partial charge in [0.25, 0.3) is 0 Å². The van der Waals surface area contributed by atoms with Crippen molar-refractivity contribution in [1.29, 1.82) is 0 Å². The van der Waals surface area contributed by atoms with E-state index < -0.39 is 25.4 Å². The number of pyridine rings is 1. The maximum atomic E-state index is 11.5. The van der Waals surface area contributed by atoms with Crippen molar-refractivity contribution in [2.45, 2.75) is 64.4 Å². The summed E-state index contributed by atoms with van der Waals surface area (Å²) in [5, 5.41) is 23.4. The van der Waals surface area contributed by atoms with E-state index in [9.17, 15) is 20.0 Å². The Morgan fingerprint density at radius 3 is 2.62 bits per heavy atom. The molecule has 162 valence electrons. The van der Waals surface area contributed by atoms with Crippen molar-refractivity contribution in [1.82, 2.24) is 10.3 Å². The lowest BCUT2D eigenvalue weighted by Crippen LogP contribution is -2.63. The summed E-state index contributed by atoms with van der Waals surface area (Å²) in [5.41, 5.74) is 0.367. The quantitative estimate of drug-likeness (QED) is 0.404. The molecular formula is C19H32N4O5Si. The van der Waals surface area contributed by atoms with E-state index in [4.69, 9.17) is 4.43 Å². The van der Waals surface area contributed by atoms with Crippen molar-refractivity contribution in [2.75, 3.05) is 18.0 Å². The number of aromatic nitrogens is 1. The standard InChI is InChI=1S/C19H32N4O5Si/c1-7-13-11-22(15-8-9-20-10-16(15)23(26)27)12-14(21-18(24)25)17(13)28-29(5,6)19(2,3)4/h8-10,13-14,17,21H,7,11-12H2,1-6H3,(H,24,25)/t13-,14+,17+/m0/s1. The van der Waals surface area contributed by atoms with E-state index in [0.29, 0.717) is 18.8 Å². The van der Waals surface area contributed by atoms with Crippen molar-refractivity contribution in [3.8, 4) is 0 Å². The molecule has 1 amide bonds. The summed E-state index contributed by atoms with van der Waals surface area (Å²) < 4.78 is 6.66. The molecule has 0 saturated carbocycles. The Balaban J connectivity index is 2.39. The van der Waals surface area contributed by atoms with Crippen LogP contribution in [0.2, 0.25) is 18.1 Å². The van der Waals surface area contributed by atoms with E-state index in [-0.39, 0.29) is 22.7 Å². The minimum atomic E-state index is -2.14. The molecule has 2 N–H and O–H groups in total.